The van der Waals surface area contributed by atoms with Crippen LogP contribution in [0.2, 0.25) is 5.02 Å². The Balaban J connectivity index is 1.86. The Kier molecular flexibility index (Phi) is 5.80. The van der Waals surface area contributed by atoms with E-state index in [9.17, 15) is 13.2 Å². The summed E-state index contributed by atoms with van der Waals surface area (Å²) in [5.41, 5.74) is 1.04. The Morgan fingerprint density at radius 3 is 2.37 bits per heavy atom. The van der Waals surface area contributed by atoms with Crippen molar-refractivity contribution in [1.29, 1.82) is 5.26 Å². The molecule has 1 heterocycles. The van der Waals surface area contributed by atoms with Crippen molar-refractivity contribution in [3.05, 3.63) is 58.6 Å². The lowest BCUT2D eigenvalue weighted by Crippen LogP contribution is -2.35. The third-order valence-corrected chi connectivity index (χ3v) is 6.63. The molecule has 1 aliphatic rings. The average Bonchev–Trinajstić information content (AvgIpc) is 2.69. The molecule has 1 N–H and O–H groups in total. The van der Waals surface area contributed by atoms with Gasteiger partial charge in [0.15, 0.2) is 0 Å². The van der Waals surface area contributed by atoms with Crippen LogP contribution in [-0.4, -0.2) is 31.7 Å². The second-order valence-electron chi connectivity index (χ2n) is 6.25. The molecule has 0 atom stereocenters. The summed E-state index contributed by atoms with van der Waals surface area (Å²) in [4.78, 5) is 12.6. The quantitative estimate of drug-likeness (QED) is 0.843. The average molecular weight is 404 g/mol. The van der Waals surface area contributed by atoms with Gasteiger partial charge in [-0.2, -0.15) is 9.57 Å². The van der Waals surface area contributed by atoms with Gasteiger partial charge in [-0.25, -0.2) is 8.42 Å². The number of sulfonamides is 1. The number of amides is 1. The molecule has 140 valence electrons. The van der Waals surface area contributed by atoms with E-state index in [1.54, 1.807) is 24.3 Å². The minimum absolute atomic E-state index is 0.0544. The molecule has 2 aromatic rings. The van der Waals surface area contributed by atoms with Crippen molar-refractivity contribution in [2.24, 2.45) is 0 Å². The first-order valence-corrected chi connectivity index (χ1v) is 10.3. The number of halogens is 1. The molecule has 27 heavy (non-hydrogen) atoms. The van der Waals surface area contributed by atoms with Gasteiger partial charge in [0.05, 0.1) is 27.1 Å². The third-order valence-electron chi connectivity index (χ3n) is 4.41. The topological polar surface area (TPSA) is 90.3 Å². The molecule has 0 spiro atoms. The van der Waals surface area contributed by atoms with Gasteiger partial charge in [0.25, 0.3) is 5.91 Å². The van der Waals surface area contributed by atoms with Gasteiger partial charge in [0.1, 0.15) is 0 Å². The van der Waals surface area contributed by atoms with Gasteiger partial charge in [-0.05, 0) is 55.3 Å². The fraction of sp³-hybridized carbons (Fsp3) is 0.263. The van der Waals surface area contributed by atoms with E-state index in [0.717, 1.165) is 19.3 Å². The third kappa shape index (κ3) is 4.30. The minimum Gasteiger partial charge on any atom is -0.322 e. The Morgan fingerprint density at radius 1 is 1.07 bits per heavy atom. The van der Waals surface area contributed by atoms with Crippen molar-refractivity contribution in [2.45, 2.75) is 24.2 Å². The van der Waals surface area contributed by atoms with Crippen LogP contribution in [0.25, 0.3) is 0 Å². The number of hydrogen-bond acceptors (Lipinski definition) is 4. The molecule has 0 bridgehead atoms. The lowest BCUT2D eigenvalue weighted by atomic mass is 10.2. The van der Waals surface area contributed by atoms with Crippen LogP contribution >= 0.6 is 11.6 Å². The van der Waals surface area contributed by atoms with Gasteiger partial charge in [0.2, 0.25) is 10.0 Å². The smallest absolute Gasteiger partial charge is 0.257 e. The Bertz CT molecular complexity index is 992. The number of nitrogens with one attached hydrogen (secondary N) is 1. The zero-order valence-corrected chi connectivity index (χ0v) is 16.1. The number of nitriles is 1. The standard InChI is InChI=1S/C19H18ClN3O3S/c20-18-9-8-16(27(25,26)23-10-2-1-3-11-23)12-17(18)19(24)22-15-6-4-14(13-21)5-7-15/h4-9,12H,1-3,10-11H2,(H,22,24). The highest BCUT2D eigenvalue weighted by atomic mass is 35.5. The lowest BCUT2D eigenvalue weighted by molar-refractivity contribution is 0.102. The van der Waals surface area contributed by atoms with Crippen molar-refractivity contribution in [3.8, 4) is 6.07 Å². The predicted molar refractivity (Wildman–Crippen MR) is 103 cm³/mol. The molecule has 0 radical (unpaired) electrons. The maximum atomic E-state index is 12.8. The molecular formula is C19H18ClN3O3S. The van der Waals surface area contributed by atoms with Gasteiger partial charge in [-0.1, -0.05) is 18.0 Å². The molecule has 0 aliphatic carbocycles. The van der Waals surface area contributed by atoms with Crippen LogP contribution in [0.1, 0.15) is 35.2 Å². The van der Waals surface area contributed by atoms with E-state index >= 15 is 0 Å². The molecule has 6 nitrogen and oxygen atoms in total. The van der Waals surface area contributed by atoms with Crippen molar-refractivity contribution in [3.63, 3.8) is 0 Å². The van der Waals surface area contributed by atoms with E-state index in [0.29, 0.717) is 24.3 Å². The maximum absolute atomic E-state index is 12.8. The van der Waals surface area contributed by atoms with Crippen molar-refractivity contribution in [1.82, 2.24) is 4.31 Å². The van der Waals surface area contributed by atoms with E-state index < -0.39 is 15.9 Å². The molecule has 1 aliphatic heterocycles. The predicted octanol–water partition coefficient (Wildman–Crippen LogP) is 3.64. The normalized spacial score (nSPS) is 15.1. The maximum Gasteiger partial charge on any atom is 0.257 e. The molecule has 1 fully saturated rings. The van der Waals surface area contributed by atoms with E-state index in [1.807, 2.05) is 6.07 Å². The van der Waals surface area contributed by atoms with Gasteiger partial charge in [-0.3, -0.25) is 4.79 Å². The monoisotopic (exact) mass is 403 g/mol. The van der Waals surface area contributed by atoms with Crippen LogP contribution in [0, 0.1) is 11.3 Å². The largest absolute Gasteiger partial charge is 0.322 e. The SMILES string of the molecule is N#Cc1ccc(NC(=O)c2cc(S(=O)(=O)N3CCCCC3)ccc2Cl)cc1. The number of nitrogens with zero attached hydrogens (tertiary/aromatic N) is 2. The minimum atomic E-state index is -3.66. The van der Waals surface area contributed by atoms with Crippen molar-refractivity contribution >= 4 is 33.2 Å². The van der Waals surface area contributed by atoms with E-state index in [-0.39, 0.29) is 15.5 Å². The second kappa shape index (κ2) is 8.09. The highest BCUT2D eigenvalue weighted by Crippen LogP contribution is 2.26. The molecule has 1 saturated heterocycles. The van der Waals surface area contributed by atoms with Crippen LogP contribution in [0.5, 0.6) is 0 Å². The first kappa shape index (κ1) is 19.4. The first-order valence-electron chi connectivity index (χ1n) is 8.53. The molecule has 3 rings (SSSR count). The summed E-state index contributed by atoms with van der Waals surface area (Å²) in [6.45, 7) is 0.968. The van der Waals surface area contributed by atoms with Crippen molar-refractivity contribution < 1.29 is 13.2 Å². The fourth-order valence-electron chi connectivity index (χ4n) is 2.92. The molecule has 8 heteroatoms. The first-order chi connectivity index (χ1) is 12.9. The molecule has 1 amide bonds. The van der Waals surface area contributed by atoms with Crippen LogP contribution < -0.4 is 5.32 Å². The van der Waals surface area contributed by atoms with Gasteiger partial charge < -0.3 is 5.32 Å². The molecule has 0 aromatic heterocycles. The summed E-state index contributed by atoms with van der Waals surface area (Å²) in [5.74, 6) is -0.514. The number of benzene rings is 2. The van der Waals surface area contributed by atoms with Crippen LogP contribution in [0.3, 0.4) is 0 Å². The van der Waals surface area contributed by atoms with Crippen LogP contribution in [0.4, 0.5) is 5.69 Å². The zero-order chi connectivity index (χ0) is 19.4. The Hall–Kier alpha value is -2.40. The molecule has 0 unspecified atom stereocenters. The highest BCUT2D eigenvalue weighted by Gasteiger charge is 2.27. The number of rotatable bonds is 4. The number of hydrogen-bond donors (Lipinski definition) is 1. The molecule has 0 saturated carbocycles. The van der Waals surface area contributed by atoms with Crippen LogP contribution in [-0.2, 0) is 10.0 Å². The Labute approximate surface area is 163 Å². The summed E-state index contributed by atoms with van der Waals surface area (Å²) in [6.07, 6.45) is 2.68. The summed E-state index contributed by atoms with van der Waals surface area (Å²) < 4.78 is 27.1. The van der Waals surface area contributed by atoms with E-state index in [2.05, 4.69) is 5.32 Å². The Morgan fingerprint density at radius 2 is 1.74 bits per heavy atom. The summed E-state index contributed by atoms with van der Waals surface area (Å²) in [7, 11) is -3.66. The summed E-state index contributed by atoms with van der Waals surface area (Å²) in [6, 6.07) is 12.5. The number of anilines is 1. The summed E-state index contributed by atoms with van der Waals surface area (Å²) >= 11 is 6.13. The highest BCUT2D eigenvalue weighted by molar-refractivity contribution is 7.89. The number of piperidine rings is 1. The lowest BCUT2D eigenvalue weighted by Gasteiger charge is -2.26. The van der Waals surface area contributed by atoms with E-state index in [4.69, 9.17) is 16.9 Å². The number of carbonyl (C=O) groups is 1. The van der Waals surface area contributed by atoms with Gasteiger partial charge in [-0.15, -0.1) is 0 Å². The van der Waals surface area contributed by atoms with Crippen molar-refractivity contribution in [2.75, 3.05) is 18.4 Å². The summed E-state index contributed by atoms with van der Waals surface area (Å²) in [5, 5.41) is 11.7. The fourth-order valence-corrected chi connectivity index (χ4v) is 4.67. The zero-order valence-electron chi connectivity index (χ0n) is 14.5. The van der Waals surface area contributed by atoms with Crippen LogP contribution in [0.15, 0.2) is 47.4 Å². The second-order valence-corrected chi connectivity index (χ2v) is 8.59. The molecule has 2 aromatic carbocycles. The molecular weight excluding hydrogens is 386 g/mol. The number of carbonyl (C=O) groups excluding carboxylic acids is 1. The van der Waals surface area contributed by atoms with Gasteiger partial charge in [0, 0.05) is 18.8 Å². The van der Waals surface area contributed by atoms with E-state index in [1.165, 1.54) is 22.5 Å². The van der Waals surface area contributed by atoms with Gasteiger partial charge >= 0.3 is 0 Å².